The summed E-state index contributed by atoms with van der Waals surface area (Å²) >= 11 is 2.00. The number of rotatable bonds is 7. The van der Waals surface area contributed by atoms with Gasteiger partial charge in [-0.3, -0.25) is 0 Å². The van der Waals surface area contributed by atoms with Crippen LogP contribution in [0.2, 0.25) is 0 Å². The van der Waals surface area contributed by atoms with Gasteiger partial charge in [-0.2, -0.15) is 11.8 Å². The van der Waals surface area contributed by atoms with Crippen molar-refractivity contribution in [2.24, 2.45) is 0 Å². The molecule has 1 aromatic carbocycles. The van der Waals surface area contributed by atoms with Crippen LogP contribution in [0.4, 0.5) is 0 Å². The van der Waals surface area contributed by atoms with Crippen molar-refractivity contribution < 1.29 is 0 Å². The van der Waals surface area contributed by atoms with E-state index in [4.69, 9.17) is 0 Å². The third-order valence-electron chi connectivity index (χ3n) is 2.99. The van der Waals surface area contributed by atoms with Gasteiger partial charge in [0.1, 0.15) is 0 Å². The lowest BCUT2D eigenvalue weighted by Crippen LogP contribution is -2.30. The lowest BCUT2D eigenvalue weighted by atomic mass is 10.0. The van der Waals surface area contributed by atoms with E-state index in [1.807, 2.05) is 11.8 Å². The second kappa shape index (κ2) is 7.78. The van der Waals surface area contributed by atoms with Gasteiger partial charge in [0, 0.05) is 17.8 Å². The van der Waals surface area contributed by atoms with Gasteiger partial charge in [0.25, 0.3) is 0 Å². The van der Waals surface area contributed by atoms with Gasteiger partial charge >= 0.3 is 0 Å². The largest absolute Gasteiger partial charge is 0.307 e. The first kappa shape index (κ1) is 14.6. The summed E-state index contributed by atoms with van der Waals surface area (Å²) in [5, 5.41) is 3.65. The SMILES string of the molecule is CCSCC(C)NC(C)c1ccc(CC)cc1. The van der Waals surface area contributed by atoms with Gasteiger partial charge in [-0.05, 0) is 37.1 Å². The van der Waals surface area contributed by atoms with Crippen LogP contribution in [-0.4, -0.2) is 17.5 Å². The molecule has 0 aliphatic heterocycles. The topological polar surface area (TPSA) is 12.0 Å². The van der Waals surface area contributed by atoms with E-state index in [1.54, 1.807) is 0 Å². The highest BCUT2D eigenvalue weighted by Crippen LogP contribution is 2.15. The Balaban J connectivity index is 2.47. The van der Waals surface area contributed by atoms with Crippen LogP contribution >= 0.6 is 11.8 Å². The molecule has 0 aliphatic rings. The van der Waals surface area contributed by atoms with Gasteiger partial charge < -0.3 is 5.32 Å². The molecule has 0 aromatic heterocycles. The first-order valence-electron chi connectivity index (χ1n) is 6.60. The summed E-state index contributed by atoms with van der Waals surface area (Å²) in [6, 6.07) is 9.97. The number of hydrogen-bond acceptors (Lipinski definition) is 2. The second-order valence-corrected chi connectivity index (χ2v) is 5.86. The van der Waals surface area contributed by atoms with Gasteiger partial charge in [-0.25, -0.2) is 0 Å². The molecule has 0 radical (unpaired) electrons. The normalized spacial score (nSPS) is 14.6. The smallest absolute Gasteiger partial charge is 0.0294 e. The highest BCUT2D eigenvalue weighted by atomic mass is 32.2. The molecule has 2 heteroatoms. The van der Waals surface area contributed by atoms with Crippen molar-refractivity contribution in [3.05, 3.63) is 35.4 Å². The zero-order chi connectivity index (χ0) is 12.7. The van der Waals surface area contributed by atoms with Crippen molar-refractivity contribution in [3.8, 4) is 0 Å². The second-order valence-electron chi connectivity index (χ2n) is 4.54. The van der Waals surface area contributed by atoms with Crippen molar-refractivity contribution in [2.45, 2.75) is 46.2 Å². The average Bonchev–Trinajstić information content (AvgIpc) is 2.36. The minimum absolute atomic E-state index is 0.438. The fourth-order valence-corrected chi connectivity index (χ4v) is 2.59. The Morgan fingerprint density at radius 2 is 1.76 bits per heavy atom. The summed E-state index contributed by atoms with van der Waals surface area (Å²) in [6.45, 7) is 8.92. The van der Waals surface area contributed by atoms with E-state index in [2.05, 4.69) is 57.3 Å². The molecule has 0 spiro atoms. The van der Waals surface area contributed by atoms with Crippen LogP contribution in [0.5, 0.6) is 0 Å². The van der Waals surface area contributed by atoms with E-state index in [-0.39, 0.29) is 0 Å². The van der Waals surface area contributed by atoms with E-state index in [0.29, 0.717) is 12.1 Å². The molecule has 1 N–H and O–H groups in total. The minimum atomic E-state index is 0.438. The Morgan fingerprint density at radius 1 is 1.12 bits per heavy atom. The van der Waals surface area contributed by atoms with Crippen molar-refractivity contribution in [1.29, 1.82) is 0 Å². The summed E-state index contributed by atoms with van der Waals surface area (Å²) in [5.74, 6) is 2.39. The summed E-state index contributed by atoms with van der Waals surface area (Å²) in [7, 11) is 0. The molecule has 0 fully saturated rings. The molecule has 1 nitrogen and oxygen atoms in total. The summed E-state index contributed by atoms with van der Waals surface area (Å²) in [4.78, 5) is 0. The van der Waals surface area contributed by atoms with Crippen LogP contribution in [0.3, 0.4) is 0 Å². The zero-order valence-corrected chi connectivity index (χ0v) is 12.3. The number of aryl methyl sites for hydroxylation is 1. The highest BCUT2D eigenvalue weighted by Gasteiger charge is 2.08. The van der Waals surface area contributed by atoms with E-state index in [1.165, 1.54) is 22.6 Å². The lowest BCUT2D eigenvalue weighted by molar-refractivity contribution is 0.511. The Kier molecular flexibility index (Phi) is 6.68. The first-order chi connectivity index (χ1) is 8.17. The molecule has 1 aromatic rings. The molecule has 0 bridgehead atoms. The van der Waals surface area contributed by atoms with Crippen LogP contribution in [0.1, 0.15) is 44.9 Å². The summed E-state index contributed by atoms with van der Waals surface area (Å²) in [5.41, 5.74) is 2.80. The Hall–Kier alpha value is -0.470. The maximum Gasteiger partial charge on any atom is 0.0294 e. The lowest BCUT2D eigenvalue weighted by Gasteiger charge is -2.20. The van der Waals surface area contributed by atoms with Crippen molar-refractivity contribution >= 4 is 11.8 Å². The maximum atomic E-state index is 3.65. The van der Waals surface area contributed by atoms with Gasteiger partial charge in [-0.15, -0.1) is 0 Å². The zero-order valence-electron chi connectivity index (χ0n) is 11.5. The highest BCUT2D eigenvalue weighted by molar-refractivity contribution is 7.99. The molecule has 96 valence electrons. The first-order valence-corrected chi connectivity index (χ1v) is 7.75. The average molecular weight is 251 g/mol. The molecule has 0 saturated heterocycles. The van der Waals surface area contributed by atoms with Gasteiger partial charge in [0.05, 0.1) is 0 Å². The molecule has 0 aliphatic carbocycles. The quantitative estimate of drug-likeness (QED) is 0.785. The molecule has 2 atom stereocenters. The van der Waals surface area contributed by atoms with E-state index in [0.717, 1.165) is 6.42 Å². The monoisotopic (exact) mass is 251 g/mol. The van der Waals surface area contributed by atoms with Crippen LogP contribution in [-0.2, 0) is 6.42 Å². The van der Waals surface area contributed by atoms with Gasteiger partial charge in [-0.1, -0.05) is 38.1 Å². The molecule has 0 saturated carbocycles. The number of benzene rings is 1. The number of nitrogens with one attached hydrogen (secondary N) is 1. The standard InChI is InChI=1S/C15H25NS/c1-5-14-7-9-15(10-8-14)13(4)16-12(3)11-17-6-2/h7-10,12-13,16H,5-6,11H2,1-4H3. The predicted octanol–water partition coefficient (Wildman–Crippen LogP) is 4.04. The van der Waals surface area contributed by atoms with Crippen LogP contribution in [0.25, 0.3) is 0 Å². The number of hydrogen-bond donors (Lipinski definition) is 1. The molecule has 17 heavy (non-hydrogen) atoms. The maximum absolute atomic E-state index is 3.65. The number of thioether (sulfide) groups is 1. The van der Waals surface area contributed by atoms with Crippen LogP contribution in [0, 0.1) is 0 Å². The van der Waals surface area contributed by atoms with E-state index < -0.39 is 0 Å². The Morgan fingerprint density at radius 3 is 2.29 bits per heavy atom. The van der Waals surface area contributed by atoms with Crippen molar-refractivity contribution in [1.82, 2.24) is 5.32 Å². The minimum Gasteiger partial charge on any atom is -0.307 e. The predicted molar refractivity (Wildman–Crippen MR) is 79.8 cm³/mol. The van der Waals surface area contributed by atoms with Gasteiger partial charge in [0.2, 0.25) is 0 Å². The van der Waals surface area contributed by atoms with Crippen LogP contribution < -0.4 is 5.32 Å². The van der Waals surface area contributed by atoms with Crippen molar-refractivity contribution in [3.63, 3.8) is 0 Å². The molecule has 0 amide bonds. The van der Waals surface area contributed by atoms with E-state index in [9.17, 15) is 0 Å². The molecular formula is C15H25NS. The van der Waals surface area contributed by atoms with Gasteiger partial charge in [0.15, 0.2) is 0 Å². The van der Waals surface area contributed by atoms with Crippen molar-refractivity contribution in [2.75, 3.05) is 11.5 Å². The Labute approximate surface area is 110 Å². The Bertz CT molecular complexity index is 307. The summed E-state index contributed by atoms with van der Waals surface area (Å²) < 4.78 is 0. The van der Waals surface area contributed by atoms with E-state index >= 15 is 0 Å². The molecular weight excluding hydrogens is 226 g/mol. The third-order valence-corrected chi connectivity index (χ3v) is 4.14. The fraction of sp³-hybridized carbons (Fsp3) is 0.600. The molecule has 1 rings (SSSR count). The fourth-order valence-electron chi connectivity index (χ4n) is 1.91. The molecule has 0 heterocycles. The molecule has 2 unspecified atom stereocenters. The summed E-state index contributed by atoms with van der Waals surface area (Å²) in [6.07, 6.45) is 1.12. The van der Waals surface area contributed by atoms with Crippen LogP contribution in [0.15, 0.2) is 24.3 Å². The third kappa shape index (κ3) is 5.13.